The van der Waals surface area contributed by atoms with Crippen molar-refractivity contribution in [1.29, 1.82) is 0 Å². The summed E-state index contributed by atoms with van der Waals surface area (Å²) < 4.78 is 0. The lowest BCUT2D eigenvalue weighted by Crippen LogP contribution is -2.38. The number of ketones is 1. The first kappa shape index (κ1) is 15.4. The molecule has 0 bridgehead atoms. The second-order valence-electron chi connectivity index (χ2n) is 4.69. The Balaban J connectivity index is 2.18. The van der Waals surface area contributed by atoms with Gasteiger partial charge >= 0.3 is 5.97 Å². The van der Waals surface area contributed by atoms with Crippen LogP contribution in [-0.2, 0) is 16.0 Å². The molecule has 0 spiro atoms. The summed E-state index contributed by atoms with van der Waals surface area (Å²) >= 11 is 0. The van der Waals surface area contributed by atoms with Gasteiger partial charge in [-0.1, -0.05) is 30.3 Å². The first-order valence-electron chi connectivity index (χ1n) is 6.59. The molecule has 0 amide bonds. The number of carboxylic acid groups (broad SMARTS) is 1. The molecule has 0 aliphatic rings. The van der Waals surface area contributed by atoms with Crippen LogP contribution in [0.2, 0.25) is 0 Å². The van der Waals surface area contributed by atoms with Crippen molar-refractivity contribution < 1.29 is 14.7 Å². The lowest BCUT2D eigenvalue weighted by Gasteiger charge is -2.12. The highest BCUT2D eigenvalue weighted by Gasteiger charge is 2.17. The van der Waals surface area contributed by atoms with Gasteiger partial charge in [-0.25, -0.2) is 0 Å². The predicted molar refractivity (Wildman–Crippen MR) is 74.1 cm³/mol. The Morgan fingerprint density at radius 2 is 1.89 bits per heavy atom. The number of aryl methyl sites for hydroxylation is 1. The van der Waals surface area contributed by atoms with E-state index in [4.69, 9.17) is 5.11 Å². The Labute approximate surface area is 113 Å². The van der Waals surface area contributed by atoms with Crippen molar-refractivity contribution in [2.45, 2.75) is 38.6 Å². The van der Waals surface area contributed by atoms with Crippen molar-refractivity contribution >= 4 is 11.8 Å². The third-order valence-corrected chi connectivity index (χ3v) is 2.92. The van der Waals surface area contributed by atoms with Crippen molar-refractivity contribution in [1.82, 2.24) is 5.32 Å². The van der Waals surface area contributed by atoms with Crippen LogP contribution in [0.1, 0.15) is 31.7 Å². The molecule has 0 saturated heterocycles. The molecule has 0 aliphatic heterocycles. The molecule has 0 saturated carbocycles. The van der Waals surface area contributed by atoms with E-state index < -0.39 is 12.0 Å². The molecular formula is C15H21NO3. The number of hydrogen-bond acceptors (Lipinski definition) is 3. The zero-order valence-electron chi connectivity index (χ0n) is 11.3. The maximum absolute atomic E-state index is 10.9. The number of benzene rings is 1. The van der Waals surface area contributed by atoms with Gasteiger partial charge in [0, 0.05) is 6.42 Å². The zero-order valence-corrected chi connectivity index (χ0v) is 11.3. The fourth-order valence-corrected chi connectivity index (χ4v) is 1.91. The number of carboxylic acids is 1. The average molecular weight is 263 g/mol. The quantitative estimate of drug-likeness (QED) is 0.669. The molecule has 104 valence electrons. The number of rotatable bonds is 9. The van der Waals surface area contributed by atoms with E-state index in [1.165, 1.54) is 12.5 Å². The normalized spacial score (nSPS) is 12.1. The number of hydrogen-bond donors (Lipinski definition) is 2. The molecule has 1 atom stereocenters. The van der Waals surface area contributed by atoms with Crippen LogP contribution in [0.5, 0.6) is 0 Å². The monoisotopic (exact) mass is 263 g/mol. The SMILES string of the molecule is CC(=O)CC(NCCCCc1ccccc1)C(=O)O. The predicted octanol–water partition coefficient (Wildman–Crippen LogP) is 2.03. The Morgan fingerprint density at radius 3 is 2.47 bits per heavy atom. The third-order valence-electron chi connectivity index (χ3n) is 2.92. The minimum Gasteiger partial charge on any atom is -0.480 e. The number of unbranched alkanes of at least 4 members (excludes halogenated alkanes) is 1. The standard InChI is InChI=1S/C15H21NO3/c1-12(17)11-14(15(18)19)16-10-6-5-9-13-7-3-2-4-8-13/h2-4,7-8,14,16H,5-6,9-11H2,1H3,(H,18,19). The summed E-state index contributed by atoms with van der Waals surface area (Å²) in [7, 11) is 0. The molecule has 4 heteroatoms. The van der Waals surface area contributed by atoms with Crippen LogP contribution in [0, 0.1) is 0 Å². The van der Waals surface area contributed by atoms with Crippen LogP contribution in [0.3, 0.4) is 0 Å². The van der Waals surface area contributed by atoms with Gasteiger partial charge in [-0.2, -0.15) is 0 Å². The van der Waals surface area contributed by atoms with Crippen molar-refractivity contribution in [3.05, 3.63) is 35.9 Å². The van der Waals surface area contributed by atoms with Gasteiger partial charge in [-0.05, 0) is 38.3 Å². The fourth-order valence-electron chi connectivity index (χ4n) is 1.91. The van der Waals surface area contributed by atoms with Crippen LogP contribution in [0.15, 0.2) is 30.3 Å². The molecule has 0 aromatic heterocycles. The Kier molecular flexibility index (Phi) is 6.82. The van der Waals surface area contributed by atoms with Crippen molar-refractivity contribution in [3.8, 4) is 0 Å². The summed E-state index contributed by atoms with van der Waals surface area (Å²) in [6.07, 6.45) is 2.95. The number of carbonyl (C=O) groups is 2. The van der Waals surface area contributed by atoms with Crippen LogP contribution < -0.4 is 5.32 Å². The number of nitrogens with one attached hydrogen (secondary N) is 1. The van der Waals surface area contributed by atoms with Gasteiger partial charge in [-0.3, -0.25) is 9.59 Å². The van der Waals surface area contributed by atoms with E-state index in [1.807, 2.05) is 18.2 Å². The summed E-state index contributed by atoms with van der Waals surface area (Å²) in [5, 5.41) is 11.9. The molecule has 0 aliphatic carbocycles. The first-order chi connectivity index (χ1) is 9.09. The molecular weight excluding hydrogens is 242 g/mol. The van der Waals surface area contributed by atoms with Gasteiger partial charge < -0.3 is 10.4 Å². The second-order valence-corrected chi connectivity index (χ2v) is 4.69. The second kappa shape index (κ2) is 8.43. The van der Waals surface area contributed by atoms with Gasteiger partial charge in [0.25, 0.3) is 0 Å². The van der Waals surface area contributed by atoms with E-state index in [1.54, 1.807) is 0 Å². The molecule has 1 aromatic carbocycles. The van der Waals surface area contributed by atoms with Gasteiger partial charge in [0.1, 0.15) is 11.8 Å². The third kappa shape index (κ3) is 6.72. The van der Waals surface area contributed by atoms with Crippen molar-refractivity contribution in [2.24, 2.45) is 0 Å². The van der Waals surface area contributed by atoms with E-state index in [0.29, 0.717) is 6.54 Å². The first-order valence-corrected chi connectivity index (χ1v) is 6.59. The summed E-state index contributed by atoms with van der Waals surface area (Å²) in [4.78, 5) is 21.8. The van der Waals surface area contributed by atoms with E-state index in [-0.39, 0.29) is 12.2 Å². The lowest BCUT2D eigenvalue weighted by atomic mass is 10.1. The van der Waals surface area contributed by atoms with Crippen LogP contribution in [0.25, 0.3) is 0 Å². The molecule has 0 heterocycles. The lowest BCUT2D eigenvalue weighted by molar-refractivity contribution is -0.141. The van der Waals surface area contributed by atoms with Gasteiger partial charge in [-0.15, -0.1) is 0 Å². The Morgan fingerprint density at radius 1 is 1.21 bits per heavy atom. The van der Waals surface area contributed by atoms with Crippen LogP contribution >= 0.6 is 0 Å². The fraction of sp³-hybridized carbons (Fsp3) is 0.467. The van der Waals surface area contributed by atoms with Crippen molar-refractivity contribution in [3.63, 3.8) is 0 Å². The molecule has 1 rings (SSSR count). The minimum absolute atomic E-state index is 0.0496. The average Bonchev–Trinajstić information content (AvgIpc) is 2.37. The van der Waals surface area contributed by atoms with E-state index in [2.05, 4.69) is 17.4 Å². The Hall–Kier alpha value is -1.68. The summed E-state index contributed by atoms with van der Waals surface area (Å²) in [5.41, 5.74) is 1.29. The van der Waals surface area contributed by atoms with Crippen LogP contribution in [-0.4, -0.2) is 29.4 Å². The van der Waals surface area contributed by atoms with Gasteiger partial charge in [0.05, 0.1) is 0 Å². The topological polar surface area (TPSA) is 66.4 Å². The van der Waals surface area contributed by atoms with Gasteiger partial charge in [0.15, 0.2) is 0 Å². The zero-order chi connectivity index (χ0) is 14.1. The maximum atomic E-state index is 10.9. The molecule has 1 unspecified atom stereocenters. The van der Waals surface area contributed by atoms with Crippen LogP contribution in [0.4, 0.5) is 0 Å². The molecule has 0 fully saturated rings. The molecule has 2 N–H and O–H groups in total. The molecule has 1 aromatic rings. The highest BCUT2D eigenvalue weighted by atomic mass is 16.4. The highest BCUT2D eigenvalue weighted by Crippen LogP contribution is 2.04. The van der Waals surface area contributed by atoms with Crippen molar-refractivity contribution in [2.75, 3.05) is 6.54 Å². The highest BCUT2D eigenvalue weighted by molar-refractivity contribution is 5.84. The maximum Gasteiger partial charge on any atom is 0.321 e. The van der Waals surface area contributed by atoms with E-state index in [9.17, 15) is 9.59 Å². The molecule has 0 radical (unpaired) electrons. The minimum atomic E-state index is -0.960. The van der Waals surface area contributed by atoms with Gasteiger partial charge in [0.2, 0.25) is 0 Å². The summed E-state index contributed by atoms with van der Waals surface area (Å²) in [6.45, 7) is 2.03. The number of Topliss-reactive ketones (excluding diaryl/α,β-unsaturated/α-hetero) is 1. The van der Waals surface area contributed by atoms with E-state index >= 15 is 0 Å². The largest absolute Gasteiger partial charge is 0.480 e. The number of carbonyl (C=O) groups excluding carboxylic acids is 1. The Bertz CT molecular complexity index is 403. The number of aliphatic carboxylic acids is 1. The smallest absolute Gasteiger partial charge is 0.321 e. The summed E-state index contributed by atoms with van der Waals surface area (Å²) in [6, 6.07) is 9.44. The summed E-state index contributed by atoms with van der Waals surface area (Å²) in [5.74, 6) is -1.07. The van der Waals surface area contributed by atoms with E-state index in [0.717, 1.165) is 19.3 Å². The molecule has 4 nitrogen and oxygen atoms in total. The molecule has 19 heavy (non-hydrogen) atoms.